The average molecular weight is 191 g/mol. The zero-order valence-electron chi connectivity index (χ0n) is 9.67. The van der Waals surface area contributed by atoms with Crippen molar-refractivity contribution in [2.24, 2.45) is 5.41 Å². The fraction of sp³-hybridized carbons (Fsp3) is 0.538. The predicted molar refractivity (Wildman–Crippen MR) is 63.3 cm³/mol. The molecule has 0 aliphatic carbocycles. The summed E-state index contributed by atoms with van der Waals surface area (Å²) in [5, 5.41) is 0. The van der Waals surface area contributed by atoms with E-state index in [0.29, 0.717) is 11.3 Å². The maximum atomic E-state index is 5.68. The molecule has 2 N–H and O–H groups in total. The summed E-state index contributed by atoms with van der Waals surface area (Å²) in [5.74, 6) is 0.614. The summed E-state index contributed by atoms with van der Waals surface area (Å²) in [5.41, 5.74) is 8.24. The van der Waals surface area contributed by atoms with E-state index in [-0.39, 0.29) is 0 Å². The molecule has 14 heavy (non-hydrogen) atoms. The van der Waals surface area contributed by atoms with Crippen molar-refractivity contribution in [2.45, 2.75) is 40.0 Å². The number of hydrogen-bond acceptors (Lipinski definition) is 1. The highest BCUT2D eigenvalue weighted by molar-refractivity contribution is 5.40. The SMILES string of the molecule is CCC(c1ccc(N)cc1)C(C)(C)C. The molecule has 1 aromatic rings. The lowest BCUT2D eigenvalue weighted by Crippen LogP contribution is -2.17. The molecule has 0 fully saturated rings. The van der Waals surface area contributed by atoms with Crippen molar-refractivity contribution in [3.8, 4) is 0 Å². The van der Waals surface area contributed by atoms with Gasteiger partial charge < -0.3 is 5.73 Å². The van der Waals surface area contributed by atoms with Crippen LogP contribution in [0.25, 0.3) is 0 Å². The third-order valence-corrected chi connectivity index (χ3v) is 2.79. The molecule has 1 atom stereocenters. The zero-order chi connectivity index (χ0) is 10.8. The summed E-state index contributed by atoms with van der Waals surface area (Å²) in [4.78, 5) is 0. The highest BCUT2D eigenvalue weighted by atomic mass is 14.5. The summed E-state index contributed by atoms with van der Waals surface area (Å²) >= 11 is 0. The number of benzene rings is 1. The molecule has 1 unspecified atom stereocenters. The van der Waals surface area contributed by atoms with E-state index in [1.54, 1.807) is 0 Å². The van der Waals surface area contributed by atoms with Gasteiger partial charge in [-0.3, -0.25) is 0 Å². The third-order valence-electron chi connectivity index (χ3n) is 2.79. The van der Waals surface area contributed by atoms with E-state index in [9.17, 15) is 0 Å². The van der Waals surface area contributed by atoms with Gasteiger partial charge in [0.1, 0.15) is 0 Å². The van der Waals surface area contributed by atoms with Crippen LogP contribution in [0.15, 0.2) is 24.3 Å². The normalized spacial score (nSPS) is 14.0. The highest BCUT2D eigenvalue weighted by Gasteiger charge is 2.23. The fourth-order valence-corrected chi connectivity index (χ4v) is 2.08. The molecule has 0 aromatic heterocycles. The van der Waals surface area contributed by atoms with E-state index >= 15 is 0 Å². The van der Waals surface area contributed by atoms with Gasteiger partial charge in [0.15, 0.2) is 0 Å². The van der Waals surface area contributed by atoms with Crippen molar-refractivity contribution in [3.63, 3.8) is 0 Å². The van der Waals surface area contributed by atoms with Crippen LogP contribution in [0.4, 0.5) is 5.69 Å². The Kier molecular flexibility index (Phi) is 3.20. The molecule has 1 aromatic carbocycles. The predicted octanol–water partition coefficient (Wildman–Crippen LogP) is 3.81. The van der Waals surface area contributed by atoms with E-state index in [4.69, 9.17) is 5.73 Å². The molecule has 0 spiro atoms. The van der Waals surface area contributed by atoms with E-state index in [0.717, 1.165) is 5.69 Å². The van der Waals surface area contributed by atoms with E-state index in [1.807, 2.05) is 12.1 Å². The lowest BCUT2D eigenvalue weighted by Gasteiger charge is -2.30. The van der Waals surface area contributed by atoms with Gasteiger partial charge in [0.2, 0.25) is 0 Å². The average Bonchev–Trinajstić information content (AvgIpc) is 2.07. The van der Waals surface area contributed by atoms with Gasteiger partial charge in [-0.1, -0.05) is 39.8 Å². The molecule has 1 nitrogen and oxygen atoms in total. The van der Waals surface area contributed by atoms with Crippen LogP contribution in [0.1, 0.15) is 45.6 Å². The molecular formula is C13H21N. The first-order chi connectivity index (χ1) is 6.45. The van der Waals surface area contributed by atoms with Crippen molar-refractivity contribution in [1.29, 1.82) is 0 Å². The molecular weight excluding hydrogens is 170 g/mol. The Morgan fingerprint density at radius 3 is 2.00 bits per heavy atom. The molecule has 0 saturated heterocycles. The molecule has 0 bridgehead atoms. The van der Waals surface area contributed by atoms with Crippen LogP contribution in [0, 0.1) is 5.41 Å². The first-order valence-electron chi connectivity index (χ1n) is 5.30. The topological polar surface area (TPSA) is 26.0 Å². The second-order valence-electron chi connectivity index (χ2n) is 4.99. The molecule has 0 radical (unpaired) electrons. The molecule has 1 rings (SSSR count). The van der Waals surface area contributed by atoms with Gasteiger partial charge in [0.05, 0.1) is 0 Å². The van der Waals surface area contributed by atoms with Crippen LogP contribution in [0.5, 0.6) is 0 Å². The monoisotopic (exact) mass is 191 g/mol. The number of anilines is 1. The Labute approximate surface area is 87.3 Å². The van der Waals surface area contributed by atoms with Gasteiger partial charge in [-0.05, 0) is 35.4 Å². The maximum Gasteiger partial charge on any atom is 0.0314 e. The standard InChI is InChI=1S/C13H21N/c1-5-12(13(2,3)4)10-6-8-11(14)9-7-10/h6-9,12H,5,14H2,1-4H3. The number of nitrogens with two attached hydrogens (primary N) is 1. The fourth-order valence-electron chi connectivity index (χ4n) is 2.08. The van der Waals surface area contributed by atoms with Crippen molar-refractivity contribution >= 4 is 5.69 Å². The summed E-state index contributed by atoms with van der Waals surface area (Å²) < 4.78 is 0. The van der Waals surface area contributed by atoms with Crippen LogP contribution < -0.4 is 5.73 Å². The molecule has 0 heterocycles. The largest absolute Gasteiger partial charge is 0.399 e. The van der Waals surface area contributed by atoms with Crippen molar-refractivity contribution in [2.75, 3.05) is 5.73 Å². The minimum Gasteiger partial charge on any atom is -0.399 e. The molecule has 0 amide bonds. The third kappa shape index (κ3) is 2.50. The summed E-state index contributed by atoms with van der Waals surface area (Å²) in [7, 11) is 0. The molecule has 0 aliphatic rings. The van der Waals surface area contributed by atoms with Gasteiger partial charge in [0.25, 0.3) is 0 Å². The van der Waals surface area contributed by atoms with Crippen molar-refractivity contribution in [3.05, 3.63) is 29.8 Å². The Bertz CT molecular complexity index is 279. The maximum absolute atomic E-state index is 5.68. The van der Waals surface area contributed by atoms with Gasteiger partial charge in [-0.15, -0.1) is 0 Å². The summed E-state index contributed by atoms with van der Waals surface area (Å²) in [6, 6.07) is 8.27. The van der Waals surface area contributed by atoms with Gasteiger partial charge in [-0.2, -0.15) is 0 Å². The molecule has 0 aliphatic heterocycles. The summed E-state index contributed by atoms with van der Waals surface area (Å²) in [6.45, 7) is 9.11. The lowest BCUT2D eigenvalue weighted by molar-refractivity contribution is 0.312. The Hall–Kier alpha value is -0.980. The molecule has 1 heteroatoms. The van der Waals surface area contributed by atoms with Crippen molar-refractivity contribution in [1.82, 2.24) is 0 Å². The summed E-state index contributed by atoms with van der Waals surface area (Å²) in [6.07, 6.45) is 1.17. The van der Waals surface area contributed by atoms with Crippen LogP contribution in [-0.2, 0) is 0 Å². The van der Waals surface area contributed by atoms with Gasteiger partial charge in [0, 0.05) is 5.69 Å². The smallest absolute Gasteiger partial charge is 0.0314 e. The Morgan fingerprint density at radius 1 is 1.14 bits per heavy atom. The molecule has 78 valence electrons. The quantitative estimate of drug-likeness (QED) is 0.707. The lowest BCUT2D eigenvalue weighted by atomic mass is 9.75. The minimum absolute atomic E-state index is 0.324. The van der Waals surface area contributed by atoms with Crippen LogP contribution in [-0.4, -0.2) is 0 Å². The zero-order valence-corrected chi connectivity index (χ0v) is 9.67. The first-order valence-corrected chi connectivity index (χ1v) is 5.30. The van der Waals surface area contributed by atoms with Gasteiger partial charge in [-0.25, -0.2) is 0 Å². The number of nitrogen functional groups attached to an aromatic ring is 1. The van der Waals surface area contributed by atoms with Crippen LogP contribution in [0.2, 0.25) is 0 Å². The first kappa shape index (κ1) is 11.1. The van der Waals surface area contributed by atoms with E-state index in [1.165, 1.54) is 12.0 Å². The van der Waals surface area contributed by atoms with E-state index in [2.05, 4.69) is 39.8 Å². The second-order valence-corrected chi connectivity index (χ2v) is 4.99. The second kappa shape index (κ2) is 4.04. The van der Waals surface area contributed by atoms with Crippen LogP contribution >= 0.6 is 0 Å². The van der Waals surface area contributed by atoms with Crippen LogP contribution in [0.3, 0.4) is 0 Å². The van der Waals surface area contributed by atoms with Gasteiger partial charge >= 0.3 is 0 Å². The Balaban J connectivity index is 2.96. The van der Waals surface area contributed by atoms with E-state index < -0.39 is 0 Å². The Morgan fingerprint density at radius 2 is 1.64 bits per heavy atom. The highest BCUT2D eigenvalue weighted by Crippen LogP contribution is 2.37. The number of rotatable bonds is 2. The minimum atomic E-state index is 0.324. The number of hydrogen-bond donors (Lipinski definition) is 1. The molecule has 0 saturated carbocycles. The van der Waals surface area contributed by atoms with Crippen molar-refractivity contribution < 1.29 is 0 Å².